The van der Waals surface area contributed by atoms with E-state index in [0.717, 1.165) is 11.3 Å². The minimum Gasteiger partial charge on any atom is -0.490 e. The summed E-state index contributed by atoms with van der Waals surface area (Å²) < 4.78 is 6.07. The van der Waals surface area contributed by atoms with Gasteiger partial charge in [-0.25, -0.2) is 0 Å². The highest BCUT2D eigenvalue weighted by atomic mass is 35.5. The van der Waals surface area contributed by atoms with E-state index in [9.17, 15) is 0 Å². The molecule has 21 heavy (non-hydrogen) atoms. The lowest BCUT2D eigenvalue weighted by molar-refractivity contribution is 0.210. The first-order chi connectivity index (χ1) is 9.85. The molecule has 2 N–H and O–H groups in total. The van der Waals surface area contributed by atoms with Crippen molar-refractivity contribution in [2.24, 2.45) is 5.73 Å². The molecule has 1 saturated carbocycles. The van der Waals surface area contributed by atoms with Gasteiger partial charge < -0.3 is 10.5 Å². The summed E-state index contributed by atoms with van der Waals surface area (Å²) >= 11 is 0. The molecule has 2 nitrogen and oxygen atoms in total. The Morgan fingerprint density at radius 1 is 0.952 bits per heavy atom. The van der Waals surface area contributed by atoms with E-state index >= 15 is 0 Å². The SMILES string of the molecule is Cl.NCc1cccc(-c2cccc(OC3CCCC3)c2)c1. The van der Waals surface area contributed by atoms with Gasteiger partial charge in [0.25, 0.3) is 0 Å². The maximum Gasteiger partial charge on any atom is 0.120 e. The summed E-state index contributed by atoms with van der Waals surface area (Å²) in [6, 6.07) is 16.8. The molecule has 0 atom stereocenters. The summed E-state index contributed by atoms with van der Waals surface area (Å²) in [5, 5.41) is 0. The molecular weight excluding hydrogens is 282 g/mol. The topological polar surface area (TPSA) is 35.2 Å². The first-order valence-electron chi connectivity index (χ1n) is 7.41. The molecule has 2 aromatic carbocycles. The van der Waals surface area contributed by atoms with Crippen molar-refractivity contribution < 1.29 is 4.74 Å². The predicted octanol–water partition coefficient (Wildman–Crippen LogP) is 4.56. The molecule has 0 aliphatic heterocycles. The van der Waals surface area contributed by atoms with Crippen LogP contribution in [0.15, 0.2) is 48.5 Å². The van der Waals surface area contributed by atoms with Gasteiger partial charge in [-0.1, -0.05) is 30.3 Å². The Labute approximate surface area is 132 Å². The van der Waals surface area contributed by atoms with Crippen molar-refractivity contribution >= 4 is 12.4 Å². The quantitative estimate of drug-likeness (QED) is 0.899. The molecule has 0 heterocycles. The zero-order valence-corrected chi connectivity index (χ0v) is 12.9. The lowest BCUT2D eigenvalue weighted by atomic mass is 10.0. The Morgan fingerprint density at radius 3 is 2.33 bits per heavy atom. The number of rotatable bonds is 4. The molecule has 112 valence electrons. The van der Waals surface area contributed by atoms with E-state index in [1.165, 1.54) is 36.8 Å². The number of nitrogens with two attached hydrogens (primary N) is 1. The summed E-state index contributed by atoms with van der Waals surface area (Å²) in [6.45, 7) is 0.576. The summed E-state index contributed by atoms with van der Waals surface area (Å²) in [5.41, 5.74) is 9.26. The first-order valence-corrected chi connectivity index (χ1v) is 7.41. The van der Waals surface area contributed by atoms with Gasteiger partial charge in [0.1, 0.15) is 5.75 Å². The molecule has 1 fully saturated rings. The zero-order valence-electron chi connectivity index (χ0n) is 12.1. The van der Waals surface area contributed by atoms with E-state index in [1.807, 2.05) is 0 Å². The fraction of sp³-hybridized carbons (Fsp3) is 0.333. The van der Waals surface area contributed by atoms with E-state index in [4.69, 9.17) is 10.5 Å². The fourth-order valence-electron chi connectivity index (χ4n) is 2.83. The molecule has 3 rings (SSSR count). The van der Waals surface area contributed by atoms with Crippen LogP contribution in [0, 0.1) is 0 Å². The van der Waals surface area contributed by atoms with Crippen LogP contribution in [0.25, 0.3) is 11.1 Å². The third kappa shape index (κ3) is 3.99. The van der Waals surface area contributed by atoms with Gasteiger partial charge in [0, 0.05) is 6.54 Å². The Balaban J connectivity index is 0.00000161. The molecule has 0 saturated heterocycles. The highest BCUT2D eigenvalue weighted by Gasteiger charge is 2.16. The summed E-state index contributed by atoms with van der Waals surface area (Å²) in [4.78, 5) is 0. The third-order valence-electron chi connectivity index (χ3n) is 3.94. The molecular formula is C18H22ClNO. The largest absolute Gasteiger partial charge is 0.490 e. The van der Waals surface area contributed by atoms with Crippen LogP contribution in [-0.4, -0.2) is 6.10 Å². The van der Waals surface area contributed by atoms with E-state index in [0.29, 0.717) is 12.6 Å². The molecule has 1 aliphatic rings. The Hall–Kier alpha value is -1.51. The van der Waals surface area contributed by atoms with Crippen molar-refractivity contribution in [1.29, 1.82) is 0 Å². The first kappa shape index (κ1) is 15.9. The second kappa shape index (κ2) is 7.48. The molecule has 1 aliphatic carbocycles. The Morgan fingerprint density at radius 2 is 1.62 bits per heavy atom. The standard InChI is InChI=1S/C18H21NO.ClH/c19-13-14-5-3-6-15(11-14)16-7-4-10-18(12-16)20-17-8-1-2-9-17;/h3-7,10-12,17H,1-2,8-9,13,19H2;1H. The minimum atomic E-state index is 0. The second-order valence-corrected chi connectivity index (χ2v) is 5.46. The summed E-state index contributed by atoms with van der Waals surface area (Å²) in [6.07, 6.45) is 5.37. The van der Waals surface area contributed by atoms with Gasteiger partial charge in [-0.05, 0) is 60.6 Å². The average molecular weight is 304 g/mol. The van der Waals surface area contributed by atoms with Crippen LogP contribution in [0.2, 0.25) is 0 Å². The Bertz CT molecular complexity index is 579. The van der Waals surface area contributed by atoms with Crippen molar-refractivity contribution in [2.75, 3.05) is 0 Å². The van der Waals surface area contributed by atoms with Gasteiger partial charge in [-0.15, -0.1) is 12.4 Å². The maximum absolute atomic E-state index is 6.07. The molecule has 0 aromatic heterocycles. The van der Waals surface area contributed by atoms with Crippen molar-refractivity contribution in [3.63, 3.8) is 0 Å². The average Bonchev–Trinajstić information content (AvgIpc) is 3.00. The number of benzene rings is 2. The van der Waals surface area contributed by atoms with E-state index in [1.54, 1.807) is 0 Å². The molecule has 0 spiro atoms. The van der Waals surface area contributed by atoms with Crippen molar-refractivity contribution in [2.45, 2.75) is 38.3 Å². The maximum atomic E-state index is 6.07. The highest BCUT2D eigenvalue weighted by Crippen LogP contribution is 2.28. The molecule has 0 radical (unpaired) electrons. The van der Waals surface area contributed by atoms with Crippen LogP contribution in [0.5, 0.6) is 5.75 Å². The number of hydrogen-bond donors (Lipinski definition) is 1. The summed E-state index contributed by atoms with van der Waals surface area (Å²) in [5.74, 6) is 0.979. The smallest absolute Gasteiger partial charge is 0.120 e. The molecule has 3 heteroatoms. The van der Waals surface area contributed by atoms with Gasteiger partial charge >= 0.3 is 0 Å². The third-order valence-corrected chi connectivity index (χ3v) is 3.94. The summed E-state index contributed by atoms with van der Waals surface area (Å²) in [7, 11) is 0. The van der Waals surface area contributed by atoms with Gasteiger partial charge in [-0.2, -0.15) is 0 Å². The van der Waals surface area contributed by atoms with E-state index in [-0.39, 0.29) is 12.4 Å². The predicted molar refractivity (Wildman–Crippen MR) is 89.9 cm³/mol. The van der Waals surface area contributed by atoms with Gasteiger partial charge in [0.2, 0.25) is 0 Å². The van der Waals surface area contributed by atoms with Crippen molar-refractivity contribution in [1.82, 2.24) is 0 Å². The van der Waals surface area contributed by atoms with Gasteiger partial charge in [0.05, 0.1) is 6.10 Å². The lowest BCUT2D eigenvalue weighted by Crippen LogP contribution is -2.10. The van der Waals surface area contributed by atoms with E-state index in [2.05, 4.69) is 48.5 Å². The fourth-order valence-corrected chi connectivity index (χ4v) is 2.83. The Kier molecular flexibility index (Phi) is 5.66. The van der Waals surface area contributed by atoms with Crippen LogP contribution < -0.4 is 10.5 Å². The van der Waals surface area contributed by atoms with Crippen LogP contribution in [0.4, 0.5) is 0 Å². The lowest BCUT2D eigenvalue weighted by Gasteiger charge is -2.14. The number of halogens is 1. The second-order valence-electron chi connectivity index (χ2n) is 5.46. The molecule has 0 amide bonds. The van der Waals surface area contributed by atoms with Crippen molar-refractivity contribution in [3.05, 3.63) is 54.1 Å². The van der Waals surface area contributed by atoms with Crippen LogP contribution in [0.3, 0.4) is 0 Å². The van der Waals surface area contributed by atoms with Crippen LogP contribution in [0.1, 0.15) is 31.2 Å². The van der Waals surface area contributed by atoms with Crippen molar-refractivity contribution in [3.8, 4) is 16.9 Å². The van der Waals surface area contributed by atoms with E-state index < -0.39 is 0 Å². The van der Waals surface area contributed by atoms with Crippen LogP contribution >= 0.6 is 12.4 Å². The van der Waals surface area contributed by atoms with Crippen LogP contribution in [-0.2, 0) is 6.54 Å². The molecule has 0 unspecified atom stereocenters. The monoisotopic (exact) mass is 303 g/mol. The molecule has 0 bridgehead atoms. The normalized spacial score (nSPS) is 14.7. The minimum absolute atomic E-state index is 0. The number of hydrogen-bond acceptors (Lipinski definition) is 2. The number of ether oxygens (including phenoxy) is 1. The zero-order chi connectivity index (χ0) is 13.8. The molecule has 2 aromatic rings. The van der Waals surface area contributed by atoms with Gasteiger partial charge in [0.15, 0.2) is 0 Å². The van der Waals surface area contributed by atoms with Gasteiger partial charge in [-0.3, -0.25) is 0 Å². The highest BCUT2D eigenvalue weighted by molar-refractivity contribution is 5.85.